The van der Waals surface area contributed by atoms with Crippen molar-refractivity contribution in [3.8, 4) is 0 Å². The minimum absolute atomic E-state index is 0.359. The number of rotatable bonds is 2. The fourth-order valence-electron chi connectivity index (χ4n) is 2.55. The van der Waals surface area contributed by atoms with Crippen molar-refractivity contribution >= 4 is 5.91 Å². The van der Waals surface area contributed by atoms with Crippen LogP contribution in [-0.2, 0) is 4.79 Å². The van der Waals surface area contributed by atoms with Gasteiger partial charge in [0.05, 0.1) is 5.70 Å². The monoisotopic (exact) mass is 241 g/mol. The molecule has 0 fully saturated rings. The van der Waals surface area contributed by atoms with E-state index in [1.807, 2.05) is 30.1 Å². The molecule has 1 aromatic rings. The fourth-order valence-corrected chi connectivity index (χ4v) is 2.55. The van der Waals surface area contributed by atoms with E-state index in [0.717, 1.165) is 17.8 Å². The number of primary amides is 1. The number of nitrogens with two attached hydrogens (primary N) is 1. The molecule has 0 spiro atoms. The molecule has 4 heteroatoms. The zero-order valence-electron chi connectivity index (χ0n) is 10.2. The van der Waals surface area contributed by atoms with Gasteiger partial charge in [-0.1, -0.05) is 30.3 Å². The van der Waals surface area contributed by atoms with Crippen LogP contribution in [0.5, 0.6) is 0 Å². The Bertz CT molecular complexity index is 560. The van der Waals surface area contributed by atoms with Gasteiger partial charge in [0.15, 0.2) is 0 Å². The summed E-state index contributed by atoms with van der Waals surface area (Å²) < 4.78 is 0. The van der Waals surface area contributed by atoms with E-state index in [1.165, 1.54) is 5.56 Å². The highest BCUT2D eigenvalue weighted by atomic mass is 16.1. The molecule has 0 bridgehead atoms. The molecule has 2 aliphatic rings. The van der Waals surface area contributed by atoms with Gasteiger partial charge in [-0.15, -0.1) is 0 Å². The number of hydrazine groups is 1. The first-order valence-corrected chi connectivity index (χ1v) is 5.99. The topological polar surface area (TPSA) is 58.4 Å². The summed E-state index contributed by atoms with van der Waals surface area (Å²) in [4.78, 5) is 11.2. The lowest BCUT2D eigenvalue weighted by molar-refractivity contribution is -0.115. The fraction of sp³-hybridized carbons (Fsp3) is 0.214. The van der Waals surface area contributed by atoms with Gasteiger partial charge in [-0.3, -0.25) is 15.2 Å². The largest absolute Gasteiger partial charge is 0.364 e. The van der Waals surface area contributed by atoms with Crippen LogP contribution in [0.3, 0.4) is 0 Å². The van der Waals surface area contributed by atoms with Gasteiger partial charge < -0.3 is 5.73 Å². The van der Waals surface area contributed by atoms with Crippen molar-refractivity contribution in [1.82, 2.24) is 10.4 Å². The van der Waals surface area contributed by atoms with E-state index in [2.05, 4.69) is 23.6 Å². The second-order valence-corrected chi connectivity index (χ2v) is 4.66. The smallest absolute Gasteiger partial charge is 0.266 e. The minimum Gasteiger partial charge on any atom is -0.364 e. The van der Waals surface area contributed by atoms with E-state index < -0.39 is 5.91 Å². The number of fused-ring (bicyclic) bond motifs is 1. The van der Waals surface area contributed by atoms with Gasteiger partial charge >= 0.3 is 0 Å². The molecule has 2 heterocycles. The summed E-state index contributed by atoms with van der Waals surface area (Å²) in [5.74, 6) is -0.0443. The Morgan fingerprint density at radius 3 is 2.72 bits per heavy atom. The molecule has 3 N–H and O–H groups in total. The summed E-state index contributed by atoms with van der Waals surface area (Å²) in [5, 5.41) is 1.99. The van der Waals surface area contributed by atoms with Crippen LogP contribution in [0.2, 0.25) is 0 Å². The molecule has 1 amide bonds. The lowest BCUT2D eigenvalue weighted by atomic mass is 9.99. The van der Waals surface area contributed by atoms with Crippen molar-refractivity contribution in [2.24, 2.45) is 5.73 Å². The molecule has 4 nitrogen and oxygen atoms in total. The highest BCUT2D eigenvalue weighted by molar-refractivity contribution is 5.93. The highest BCUT2D eigenvalue weighted by Gasteiger charge is 2.33. The molecule has 0 radical (unpaired) electrons. The number of nitrogens with one attached hydrogen (secondary N) is 1. The third-order valence-electron chi connectivity index (χ3n) is 3.51. The predicted octanol–water partition coefficient (Wildman–Crippen LogP) is 1.25. The van der Waals surface area contributed by atoms with Crippen molar-refractivity contribution in [3.05, 3.63) is 58.9 Å². The molecular weight excluding hydrogens is 226 g/mol. The Morgan fingerprint density at radius 2 is 2.11 bits per heavy atom. The summed E-state index contributed by atoms with van der Waals surface area (Å²) in [6.45, 7) is 2.75. The average Bonchev–Trinajstić information content (AvgIpc) is 2.91. The quantitative estimate of drug-likeness (QED) is 0.819. The molecule has 1 aromatic carbocycles. The van der Waals surface area contributed by atoms with Gasteiger partial charge in [0.1, 0.15) is 5.70 Å². The molecular formula is C14H15N3O. The van der Waals surface area contributed by atoms with E-state index in [4.69, 9.17) is 5.73 Å². The Morgan fingerprint density at radius 1 is 1.39 bits per heavy atom. The van der Waals surface area contributed by atoms with Crippen LogP contribution in [0.25, 0.3) is 0 Å². The summed E-state index contributed by atoms with van der Waals surface area (Å²) >= 11 is 0. The normalized spacial score (nSPS) is 21.7. The number of carbonyl (C=O) groups excluding carboxylic acids is 1. The van der Waals surface area contributed by atoms with E-state index in [0.29, 0.717) is 11.6 Å². The number of hydrogen-bond donors (Lipinski definition) is 2. The summed E-state index contributed by atoms with van der Waals surface area (Å²) in [6.07, 6.45) is 2.19. The lowest BCUT2D eigenvalue weighted by Crippen LogP contribution is -2.34. The zero-order valence-corrected chi connectivity index (χ0v) is 10.2. The van der Waals surface area contributed by atoms with Crippen molar-refractivity contribution < 1.29 is 4.79 Å². The second kappa shape index (κ2) is 3.91. The summed E-state index contributed by atoms with van der Waals surface area (Å²) in [6, 6.07) is 10.3. The Labute approximate surface area is 106 Å². The van der Waals surface area contributed by atoms with Crippen LogP contribution >= 0.6 is 0 Å². The first-order chi connectivity index (χ1) is 8.66. The van der Waals surface area contributed by atoms with Crippen LogP contribution in [0.15, 0.2) is 53.4 Å². The molecule has 0 saturated carbocycles. The highest BCUT2D eigenvalue weighted by Crippen LogP contribution is 2.35. The third-order valence-corrected chi connectivity index (χ3v) is 3.51. The van der Waals surface area contributed by atoms with Gasteiger partial charge in [-0.05, 0) is 18.6 Å². The molecule has 92 valence electrons. The molecule has 0 aliphatic carbocycles. The van der Waals surface area contributed by atoms with Gasteiger partial charge in [-0.2, -0.15) is 0 Å². The summed E-state index contributed by atoms with van der Waals surface area (Å²) in [7, 11) is 0. The van der Waals surface area contributed by atoms with Crippen LogP contribution in [-0.4, -0.2) is 17.5 Å². The van der Waals surface area contributed by atoms with Crippen molar-refractivity contribution in [2.75, 3.05) is 6.54 Å². The second-order valence-electron chi connectivity index (χ2n) is 4.66. The van der Waals surface area contributed by atoms with E-state index in [1.54, 1.807) is 0 Å². The van der Waals surface area contributed by atoms with E-state index in [-0.39, 0.29) is 0 Å². The number of benzene rings is 1. The Hall–Kier alpha value is -2.23. The maximum atomic E-state index is 11.2. The lowest BCUT2D eigenvalue weighted by Gasteiger charge is -2.18. The molecule has 3 rings (SSSR count). The first kappa shape index (κ1) is 10.9. The van der Waals surface area contributed by atoms with Crippen molar-refractivity contribution in [1.29, 1.82) is 0 Å². The average molecular weight is 241 g/mol. The number of nitrogens with zero attached hydrogens (tertiary/aromatic N) is 1. The van der Waals surface area contributed by atoms with Crippen molar-refractivity contribution in [3.63, 3.8) is 0 Å². The number of amides is 1. The zero-order chi connectivity index (χ0) is 12.7. The van der Waals surface area contributed by atoms with E-state index in [9.17, 15) is 4.79 Å². The standard InChI is InChI=1S/C14H15N3O/c1-9-12-7-11(10-5-3-2-4-6-10)8-17(12)16-13(9)14(15)18/h2-7,11,16H,8H2,1H3,(H2,15,18). The van der Waals surface area contributed by atoms with Gasteiger partial charge in [0.2, 0.25) is 0 Å². The molecule has 18 heavy (non-hydrogen) atoms. The maximum Gasteiger partial charge on any atom is 0.266 e. The van der Waals surface area contributed by atoms with Gasteiger partial charge in [-0.25, -0.2) is 0 Å². The molecule has 0 saturated heterocycles. The number of carbonyl (C=O) groups is 1. The van der Waals surface area contributed by atoms with Crippen molar-refractivity contribution in [2.45, 2.75) is 12.8 Å². The van der Waals surface area contributed by atoms with Gasteiger partial charge in [0.25, 0.3) is 5.91 Å². The Balaban J connectivity index is 1.92. The van der Waals surface area contributed by atoms with E-state index >= 15 is 0 Å². The molecule has 2 aliphatic heterocycles. The third kappa shape index (κ3) is 1.57. The van der Waals surface area contributed by atoms with Gasteiger partial charge in [0, 0.05) is 18.0 Å². The number of allylic oxidation sites excluding steroid dienone is 1. The predicted molar refractivity (Wildman–Crippen MR) is 69.0 cm³/mol. The summed E-state index contributed by atoms with van der Waals surface area (Å²) in [5.41, 5.74) is 12.2. The molecule has 1 atom stereocenters. The SMILES string of the molecule is CC1=C(C(N)=O)NN2CC(c3ccccc3)C=C12. The van der Waals surface area contributed by atoms with Crippen LogP contribution < -0.4 is 11.2 Å². The Kier molecular flexibility index (Phi) is 2.37. The molecule has 0 aromatic heterocycles. The first-order valence-electron chi connectivity index (χ1n) is 5.99. The maximum absolute atomic E-state index is 11.2. The number of hydrogen-bond acceptors (Lipinski definition) is 3. The van der Waals surface area contributed by atoms with Crippen LogP contribution in [0.1, 0.15) is 18.4 Å². The molecule has 1 unspecified atom stereocenters. The van der Waals surface area contributed by atoms with Crippen LogP contribution in [0, 0.1) is 0 Å². The van der Waals surface area contributed by atoms with Crippen LogP contribution in [0.4, 0.5) is 0 Å². The minimum atomic E-state index is -0.404.